The predicted molar refractivity (Wildman–Crippen MR) is 132 cm³/mol. The normalized spacial score (nSPS) is 10.7. The molecule has 0 bridgehead atoms. The van der Waals surface area contributed by atoms with Gasteiger partial charge in [0, 0.05) is 24.7 Å². The number of carbonyl (C=O) groups excluding carboxylic acids is 2. The van der Waals surface area contributed by atoms with E-state index in [-0.39, 0.29) is 30.5 Å². The van der Waals surface area contributed by atoms with Crippen LogP contribution in [0.25, 0.3) is 0 Å². The standard InChI is InChI=1S/C28H25F2N3O4/c1-36-24-12-4-19(5-13-24)14-15-33(28(35)21-6-10-23(30)11-7-21)18-25-16-26(32-37-25)27(34)31-17-20-2-8-22(29)9-3-20/h2-13,16H,14-15,17-18H2,1H3,(H,31,34). The number of halogens is 2. The second kappa shape index (κ2) is 11.9. The molecule has 7 nitrogen and oxygen atoms in total. The Morgan fingerprint density at radius 1 is 0.919 bits per heavy atom. The molecule has 3 aromatic carbocycles. The van der Waals surface area contributed by atoms with Crippen molar-refractivity contribution in [2.24, 2.45) is 0 Å². The summed E-state index contributed by atoms with van der Waals surface area (Å²) in [5.41, 5.74) is 2.11. The van der Waals surface area contributed by atoms with E-state index < -0.39 is 11.7 Å². The van der Waals surface area contributed by atoms with Crippen LogP contribution in [0, 0.1) is 11.6 Å². The Labute approximate surface area is 212 Å². The maximum absolute atomic E-state index is 13.4. The number of hydrogen-bond acceptors (Lipinski definition) is 5. The van der Waals surface area contributed by atoms with Gasteiger partial charge in [-0.05, 0) is 66.1 Å². The van der Waals surface area contributed by atoms with Crippen LogP contribution in [-0.2, 0) is 19.5 Å². The third-order valence-electron chi connectivity index (χ3n) is 5.71. The van der Waals surface area contributed by atoms with Crippen molar-refractivity contribution in [1.29, 1.82) is 0 Å². The number of nitrogens with zero attached hydrogens (tertiary/aromatic N) is 2. The number of aromatic nitrogens is 1. The highest BCUT2D eigenvalue weighted by molar-refractivity contribution is 5.94. The Morgan fingerprint density at radius 2 is 1.54 bits per heavy atom. The molecular formula is C28H25F2N3O4. The summed E-state index contributed by atoms with van der Waals surface area (Å²) in [7, 11) is 1.59. The fourth-order valence-electron chi connectivity index (χ4n) is 3.64. The molecule has 4 rings (SSSR count). The molecular weight excluding hydrogens is 480 g/mol. The molecule has 0 aliphatic rings. The van der Waals surface area contributed by atoms with Crippen LogP contribution in [0.3, 0.4) is 0 Å². The van der Waals surface area contributed by atoms with Crippen LogP contribution in [-0.4, -0.2) is 35.5 Å². The Bertz CT molecular complexity index is 1340. The highest BCUT2D eigenvalue weighted by atomic mass is 19.1. The van der Waals surface area contributed by atoms with Gasteiger partial charge in [0.2, 0.25) is 0 Å². The summed E-state index contributed by atoms with van der Waals surface area (Å²) >= 11 is 0. The summed E-state index contributed by atoms with van der Waals surface area (Å²) in [5, 5.41) is 6.53. The lowest BCUT2D eigenvalue weighted by Gasteiger charge is -2.21. The monoisotopic (exact) mass is 505 g/mol. The number of methoxy groups -OCH3 is 1. The van der Waals surface area contributed by atoms with E-state index >= 15 is 0 Å². The number of nitrogens with one attached hydrogen (secondary N) is 1. The first-order valence-electron chi connectivity index (χ1n) is 11.6. The summed E-state index contributed by atoms with van der Waals surface area (Å²) < 4.78 is 37.0. The Morgan fingerprint density at radius 3 is 2.19 bits per heavy atom. The quantitative estimate of drug-likeness (QED) is 0.336. The van der Waals surface area contributed by atoms with Crippen molar-refractivity contribution >= 4 is 11.8 Å². The van der Waals surface area contributed by atoms with Gasteiger partial charge in [-0.2, -0.15) is 0 Å². The average molecular weight is 506 g/mol. The van der Waals surface area contributed by atoms with Crippen LogP contribution in [0.4, 0.5) is 8.78 Å². The van der Waals surface area contributed by atoms with Crippen LogP contribution in [0.2, 0.25) is 0 Å². The van der Waals surface area contributed by atoms with E-state index in [0.29, 0.717) is 24.3 Å². The number of benzene rings is 3. The number of hydrogen-bond donors (Lipinski definition) is 1. The van der Waals surface area contributed by atoms with E-state index in [1.807, 2.05) is 24.3 Å². The molecule has 0 fully saturated rings. The predicted octanol–water partition coefficient (Wildman–Crippen LogP) is 4.78. The summed E-state index contributed by atoms with van der Waals surface area (Å²) in [6.07, 6.45) is 0.552. The molecule has 1 N–H and O–H groups in total. The lowest BCUT2D eigenvalue weighted by atomic mass is 10.1. The van der Waals surface area contributed by atoms with Gasteiger partial charge < -0.3 is 19.5 Å². The maximum atomic E-state index is 13.4. The molecule has 4 aromatic rings. The largest absolute Gasteiger partial charge is 0.497 e. The Balaban J connectivity index is 1.44. The zero-order valence-electron chi connectivity index (χ0n) is 20.1. The van der Waals surface area contributed by atoms with Gasteiger partial charge >= 0.3 is 0 Å². The van der Waals surface area contributed by atoms with Crippen molar-refractivity contribution < 1.29 is 27.6 Å². The molecule has 0 saturated heterocycles. The van der Waals surface area contributed by atoms with E-state index in [9.17, 15) is 18.4 Å². The van der Waals surface area contributed by atoms with E-state index in [1.54, 1.807) is 24.1 Å². The molecule has 0 atom stereocenters. The molecule has 0 radical (unpaired) electrons. The van der Waals surface area contributed by atoms with Crippen LogP contribution in [0.5, 0.6) is 5.75 Å². The Hall–Kier alpha value is -4.53. The molecule has 0 aliphatic carbocycles. The molecule has 0 saturated carbocycles. The van der Waals surface area contributed by atoms with Crippen LogP contribution >= 0.6 is 0 Å². The topological polar surface area (TPSA) is 84.7 Å². The van der Waals surface area contributed by atoms with Gasteiger partial charge in [0.25, 0.3) is 11.8 Å². The summed E-state index contributed by atoms with van der Waals surface area (Å²) in [4.78, 5) is 27.3. The minimum Gasteiger partial charge on any atom is -0.497 e. The molecule has 1 aromatic heterocycles. The molecule has 0 spiro atoms. The van der Waals surface area contributed by atoms with Crippen LogP contribution < -0.4 is 10.1 Å². The molecule has 190 valence electrons. The third-order valence-corrected chi connectivity index (χ3v) is 5.71. The fraction of sp³-hybridized carbons (Fsp3) is 0.179. The summed E-state index contributed by atoms with van der Waals surface area (Å²) in [5.74, 6) is -0.524. The van der Waals surface area contributed by atoms with E-state index in [4.69, 9.17) is 9.26 Å². The van der Waals surface area contributed by atoms with Gasteiger partial charge in [-0.3, -0.25) is 9.59 Å². The summed E-state index contributed by atoms with van der Waals surface area (Å²) in [6, 6.07) is 20.1. The minimum atomic E-state index is -0.464. The van der Waals surface area contributed by atoms with Crippen molar-refractivity contribution in [2.45, 2.75) is 19.5 Å². The zero-order valence-corrected chi connectivity index (χ0v) is 20.1. The van der Waals surface area contributed by atoms with E-state index in [0.717, 1.165) is 16.9 Å². The lowest BCUT2D eigenvalue weighted by molar-refractivity contribution is 0.0729. The first kappa shape index (κ1) is 25.6. The van der Waals surface area contributed by atoms with Gasteiger partial charge in [0.1, 0.15) is 17.4 Å². The Kier molecular flexibility index (Phi) is 8.25. The summed E-state index contributed by atoms with van der Waals surface area (Å²) in [6.45, 7) is 0.596. The van der Waals surface area contributed by atoms with Gasteiger partial charge in [0.05, 0.1) is 13.7 Å². The molecule has 2 amide bonds. The first-order chi connectivity index (χ1) is 17.9. The van der Waals surface area contributed by atoms with Crippen molar-refractivity contribution in [3.05, 3.63) is 119 Å². The second-order valence-electron chi connectivity index (χ2n) is 8.32. The SMILES string of the molecule is COc1ccc(CCN(Cc2cc(C(=O)NCc3ccc(F)cc3)no2)C(=O)c2ccc(F)cc2)cc1. The van der Waals surface area contributed by atoms with E-state index in [1.165, 1.54) is 42.5 Å². The third kappa shape index (κ3) is 7.00. The highest BCUT2D eigenvalue weighted by Gasteiger charge is 2.20. The smallest absolute Gasteiger partial charge is 0.273 e. The lowest BCUT2D eigenvalue weighted by Crippen LogP contribution is -2.32. The van der Waals surface area contributed by atoms with Crippen molar-refractivity contribution in [3.8, 4) is 5.75 Å². The van der Waals surface area contributed by atoms with Gasteiger partial charge in [-0.15, -0.1) is 0 Å². The zero-order chi connectivity index (χ0) is 26.2. The first-order valence-corrected chi connectivity index (χ1v) is 11.6. The average Bonchev–Trinajstić information content (AvgIpc) is 3.39. The molecule has 37 heavy (non-hydrogen) atoms. The molecule has 0 aliphatic heterocycles. The second-order valence-corrected chi connectivity index (χ2v) is 8.32. The van der Waals surface area contributed by atoms with Crippen LogP contribution in [0.1, 0.15) is 37.7 Å². The van der Waals surface area contributed by atoms with Crippen molar-refractivity contribution in [2.75, 3.05) is 13.7 Å². The molecule has 0 unspecified atom stereocenters. The van der Waals surface area contributed by atoms with Crippen molar-refractivity contribution in [1.82, 2.24) is 15.4 Å². The number of carbonyl (C=O) groups is 2. The number of rotatable bonds is 10. The number of amides is 2. The molecule has 1 heterocycles. The van der Waals surface area contributed by atoms with Gasteiger partial charge in [-0.1, -0.05) is 29.4 Å². The fourth-order valence-corrected chi connectivity index (χ4v) is 3.64. The minimum absolute atomic E-state index is 0.0569. The van der Waals surface area contributed by atoms with Crippen LogP contribution in [0.15, 0.2) is 83.4 Å². The van der Waals surface area contributed by atoms with Crippen molar-refractivity contribution in [3.63, 3.8) is 0 Å². The highest BCUT2D eigenvalue weighted by Crippen LogP contribution is 2.16. The van der Waals surface area contributed by atoms with E-state index in [2.05, 4.69) is 10.5 Å². The number of ether oxygens (including phenoxy) is 1. The maximum Gasteiger partial charge on any atom is 0.273 e. The molecule has 9 heteroatoms. The van der Waals surface area contributed by atoms with Gasteiger partial charge in [0.15, 0.2) is 11.5 Å². The van der Waals surface area contributed by atoms with Gasteiger partial charge in [-0.25, -0.2) is 8.78 Å².